The molecule has 4 rings (SSSR count). The zero-order valence-electron chi connectivity index (χ0n) is 16.3. The molecule has 4 aliphatic carbocycles. The van der Waals surface area contributed by atoms with Crippen LogP contribution in [0, 0.1) is 34.0 Å². The third-order valence-corrected chi connectivity index (χ3v) is 8.50. The summed E-state index contributed by atoms with van der Waals surface area (Å²) in [6.07, 6.45) is 5.92. The second kappa shape index (κ2) is 5.67. The van der Waals surface area contributed by atoms with E-state index in [1.807, 2.05) is 0 Å². The van der Waals surface area contributed by atoms with Gasteiger partial charge in [0.25, 0.3) is 0 Å². The number of carbonyl (C=O) groups excluding carboxylic acids is 2. The number of ketones is 1. The van der Waals surface area contributed by atoms with E-state index in [4.69, 9.17) is 4.74 Å². The molecule has 0 saturated heterocycles. The molecule has 1 N–H and O–H groups in total. The van der Waals surface area contributed by atoms with Crippen molar-refractivity contribution in [2.24, 2.45) is 34.0 Å². The lowest BCUT2D eigenvalue weighted by atomic mass is 9.40. The molecule has 4 heteroatoms. The van der Waals surface area contributed by atoms with E-state index in [1.165, 1.54) is 6.92 Å². The van der Waals surface area contributed by atoms with Gasteiger partial charge in [0.1, 0.15) is 0 Å². The fourth-order valence-corrected chi connectivity index (χ4v) is 7.71. The van der Waals surface area contributed by atoms with Crippen LogP contribution >= 0.6 is 0 Å². The van der Waals surface area contributed by atoms with Crippen molar-refractivity contribution in [3.8, 4) is 0 Å². The van der Waals surface area contributed by atoms with Gasteiger partial charge in [-0.05, 0) is 61.3 Å². The van der Waals surface area contributed by atoms with Crippen LogP contribution in [0.25, 0.3) is 0 Å². The van der Waals surface area contributed by atoms with Crippen LogP contribution in [0.15, 0.2) is 12.2 Å². The summed E-state index contributed by atoms with van der Waals surface area (Å²) in [6.45, 7) is 10.5. The van der Waals surface area contributed by atoms with E-state index in [1.54, 1.807) is 0 Å². The molecule has 2 bridgehead atoms. The van der Waals surface area contributed by atoms with Gasteiger partial charge in [0.15, 0.2) is 5.78 Å². The van der Waals surface area contributed by atoms with Gasteiger partial charge in [-0.2, -0.15) is 0 Å². The van der Waals surface area contributed by atoms with Crippen LogP contribution in [0.1, 0.15) is 65.7 Å². The highest BCUT2D eigenvalue weighted by Crippen LogP contribution is 2.71. The maximum absolute atomic E-state index is 13.3. The number of hydrogen-bond acceptors (Lipinski definition) is 4. The predicted molar refractivity (Wildman–Crippen MR) is 98.2 cm³/mol. The van der Waals surface area contributed by atoms with Crippen molar-refractivity contribution in [1.29, 1.82) is 0 Å². The summed E-state index contributed by atoms with van der Waals surface area (Å²) in [5.74, 6) is 0.300. The molecular weight excluding hydrogens is 328 g/mol. The summed E-state index contributed by atoms with van der Waals surface area (Å²) < 4.78 is 5.61. The summed E-state index contributed by atoms with van der Waals surface area (Å²) in [5.41, 5.74) is 0.0809. The van der Waals surface area contributed by atoms with Crippen molar-refractivity contribution < 1.29 is 19.4 Å². The molecule has 1 spiro atoms. The molecule has 6 atom stereocenters. The average molecular weight is 360 g/mol. The fourth-order valence-electron chi connectivity index (χ4n) is 7.71. The molecule has 4 fully saturated rings. The number of esters is 1. The smallest absolute Gasteiger partial charge is 0.302 e. The topological polar surface area (TPSA) is 63.6 Å². The van der Waals surface area contributed by atoms with Crippen molar-refractivity contribution in [2.75, 3.05) is 6.61 Å². The summed E-state index contributed by atoms with van der Waals surface area (Å²) in [6, 6.07) is 0. The zero-order valence-corrected chi connectivity index (χ0v) is 16.3. The number of ether oxygens (including phenoxy) is 1. The summed E-state index contributed by atoms with van der Waals surface area (Å²) >= 11 is 0. The summed E-state index contributed by atoms with van der Waals surface area (Å²) in [7, 11) is 0. The Morgan fingerprint density at radius 1 is 1.31 bits per heavy atom. The Bertz CT molecular complexity index is 665. The van der Waals surface area contributed by atoms with Crippen LogP contribution < -0.4 is 0 Å². The number of Topliss-reactive ketones (excluding diaryl/α,β-unsaturated/α-hetero) is 1. The van der Waals surface area contributed by atoms with Crippen molar-refractivity contribution in [2.45, 2.75) is 71.8 Å². The van der Waals surface area contributed by atoms with E-state index in [0.29, 0.717) is 18.9 Å². The minimum Gasteiger partial charge on any atom is -0.465 e. The first kappa shape index (κ1) is 18.2. The molecule has 144 valence electrons. The lowest BCUT2D eigenvalue weighted by molar-refractivity contribution is -0.212. The molecule has 4 nitrogen and oxygen atoms in total. The van der Waals surface area contributed by atoms with Crippen LogP contribution in [0.4, 0.5) is 0 Å². The Morgan fingerprint density at radius 2 is 2.04 bits per heavy atom. The van der Waals surface area contributed by atoms with E-state index >= 15 is 0 Å². The molecule has 0 aromatic carbocycles. The first-order valence-electron chi connectivity index (χ1n) is 10.2. The molecule has 4 saturated carbocycles. The number of allylic oxidation sites excluding steroid dienone is 1. The van der Waals surface area contributed by atoms with Crippen LogP contribution in [0.5, 0.6) is 0 Å². The van der Waals surface area contributed by atoms with E-state index in [0.717, 1.165) is 44.1 Å². The lowest BCUT2D eigenvalue weighted by Gasteiger charge is -2.64. The molecule has 0 heterocycles. The fraction of sp³-hybridized carbons (Fsp3) is 0.818. The van der Waals surface area contributed by atoms with Crippen molar-refractivity contribution in [3.63, 3.8) is 0 Å². The van der Waals surface area contributed by atoms with Gasteiger partial charge < -0.3 is 9.84 Å². The van der Waals surface area contributed by atoms with Gasteiger partial charge in [-0.25, -0.2) is 0 Å². The highest BCUT2D eigenvalue weighted by molar-refractivity contribution is 6.03. The molecule has 0 aromatic heterocycles. The molecule has 0 aromatic rings. The highest BCUT2D eigenvalue weighted by atomic mass is 16.5. The highest BCUT2D eigenvalue weighted by Gasteiger charge is 2.70. The molecule has 26 heavy (non-hydrogen) atoms. The molecule has 0 radical (unpaired) electrons. The van der Waals surface area contributed by atoms with E-state index in [9.17, 15) is 14.7 Å². The monoisotopic (exact) mass is 360 g/mol. The first-order chi connectivity index (χ1) is 12.1. The van der Waals surface area contributed by atoms with Crippen LogP contribution in [0.3, 0.4) is 0 Å². The molecule has 4 aliphatic rings. The number of rotatable bonds is 2. The van der Waals surface area contributed by atoms with Crippen LogP contribution in [-0.4, -0.2) is 29.6 Å². The minimum absolute atomic E-state index is 0.115. The number of hydrogen-bond donors (Lipinski definition) is 1. The Morgan fingerprint density at radius 3 is 2.73 bits per heavy atom. The largest absolute Gasteiger partial charge is 0.465 e. The van der Waals surface area contributed by atoms with E-state index in [2.05, 4.69) is 20.4 Å². The second-order valence-electron chi connectivity index (χ2n) is 10.1. The van der Waals surface area contributed by atoms with Gasteiger partial charge in [0, 0.05) is 23.7 Å². The third kappa shape index (κ3) is 2.23. The standard InChI is InChI=1S/C22H32O4/c1-13-15-10-16(24)18-21(11-15,19(13)25)9-6-17-20(3,4)7-5-8-22(17,18)12-26-14(2)23/h15-18,24H,1,5-12H2,2-4H3/t15-,16+,17-,18-,21-,22+/m1/s1. The Kier molecular flexibility index (Phi) is 3.97. The van der Waals surface area contributed by atoms with Gasteiger partial charge in [-0.15, -0.1) is 0 Å². The normalized spacial score (nSPS) is 46.5. The van der Waals surface area contributed by atoms with E-state index < -0.39 is 11.5 Å². The maximum Gasteiger partial charge on any atom is 0.302 e. The van der Waals surface area contributed by atoms with Gasteiger partial charge >= 0.3 is 5.97 Å². The number of carbonyl (C=O) groups is 2. The third-order valence-electron chi connectivity index (χ3n) is 8.50. The molecule has 0 aliphatic heterocycles. The summed E-state index contributed by atoms with van der Waals surface area (Å²) in [5, 5.41) is 11.2. The van der Waals surface area contributed by atoms with Gasteiger partial charge in [-0.3, -0.25) is 9.59 Å². The summed E-state index contributed by atoms with van der Waals surface area (Å²) in [4.78, 5) is 25.0. The lowest BCUT2D eigenvalue weighted by Crippen LogP contribution is -2.64. The van der Waals surface area contributed by atoms with E-state index in [-0.39, 0.29) is 34.4 Å². The Balaban J connectivity index is 1.84. The van der Waals surface area contributed by atoms with Crippen molar-refractivity contribution in [3.05, 3.63) is 12.2 Å². The minimum atomic E-state index is -0.510. The zero-order chi connectivity index (χ0) is 18.9. The molecular formula is C22H32O4. The van der Waals surface area contributed by atoms with Crippen LogP contribution in [-0.2, 0) is 14.3 Å². The maximum atomic E-state index is 13.3. The van der Waals surface area contributed by atoms with Gasteiger partial charge in [0.2, 0.25) is 0 Å². The number of aliphatic hydroxyl groups excluding tert-OH is 1. The predicted octanol–water partition coefficient (Wildman–Crippen LogP) is 3.67. The SMILES string of the molecule is C=C1C(=O)[C@@]23CC[C@@H]4C(C)(C)CCC[C@@]4(COC(C)=O)[C@@H]2[C@@H](O)C[C@@H]1C3. The molecule has 0 unspecified atom stereocenters. The van der Waals surface area contributed by atoms with Crippen molar-refractivity contribution in [1.82, 2.24) is 0 Å². The van der Waals surface area contributed by atoms with Crippen molar-refractivity contribution >= 4 is 11.8 Å². The average Bonchev–Trinajstić information content (AvgIpc) is 2.74. The van der Waals surface area contributed by atoms with Gasteiger partial charge in [0.05, 0.1) is 12.7 Å². The Labute approximate surface area is 156 Å². The quantitative estimate of drug-likeness (QED) is 0.603. The number of aliphatic hydroxyl groups is 1. The first-order valence-corrected chi connectivity index (χ1v) is 10.2. The van der Waals surface area contributed by atoms with Crippen LogP contribution in [0.2, 0.25) is 0 Å². The molecule has 0 amide bonds. The second-order valence-corrected chi connectivity index (χ2v) is 10.1. The number of fused-ring (bicyclic) bond motifs is 3. The van der Waals surface area contributed by atoms with Gasteiger partial charge in [-0.1, -0.05) is 26.8 Å². The Hall–Kier alpha value is -1.16.